The Morgan fingerprint density at radius 2 is 1.14 bits per heavy atom. The van der Waals surface area contributed by atoms with Crippen LogP contribution < -0.4 is 0 Å². The van der Waals surface area contributed by atoms with E-state index >= 15 is 0 Å². The molecule has 1 aliphatic rings. The van der Waals surface area contributed by atoms with Gasteiger partial charge in [-0.2, -0.15) is 0 Å². The van der Waals surface area contributed by atoms with Gasteiger partial charge in [-0.05, 0) is 19.3 Å². The van der Waals surface area contributed by atoms with Crippen LogP contribution in [0.1, 0.15) is 96.8 Å². The summed E-state index contributed by atoms with van der Waals surface area (Å²) in [5.41, 5.74) is 0. The third-order valence-corrected chi connectivity index (χ3v) is 4.62. The highest BCUT2D eigenvalue weighted by Gasteiger charge is 2.36. The number of ether oxygens (including phenoxy) is 2. The van der Waals surface area contributed by atoms with E-state index in [9.17, 15) is 0 Å². The number of epoxide rings is 1. The van der Waals surface area contributed by atoms with Crippen molar-refractivity contribution < 1.29 is 9.47 Å². The summed E-state index contributed by atoms with van der Waals surface area (Å²) in [7, 11) is 1.79. The van der Waals surface area contributed by atoms with Crippen LogP contribution in [0.4, 0.5) is 0 Å². The number of unbranched alkanes of at least 4 members (excludes halogenated alkanes) is 10. The Bertz CT molecular complexity index is 218. The molecule has 1 aliphatic heterocycles. The van der Waals surface area contributed by atoms with Gasteiger partial charge in [-0.15, -0.1) is 0 Å². The minimum Gasteiger partial charge on any atom is -0.385 e. The van der Waals surface area contributed by atoms with Crippen LogP contribution in [0.25, 0.3) is 0 Å². The second kappa shape index (κ2) is 13.6. The summed E-state index contributed by atoms with van der Waals surface area (Å²) < 4.78 is 10.9. The minimum absolute atomic E-state index is 0.620. The van der Waals surface area contributed by atoms with Crippen LogP contribution in [0, 0.1) is 0 Å². The van der Waals surface area contributed by atoms with Gasteiger partial charge in [0.2, 0.25) is 0 Å². The summed E-state index contributed by atoms with van der Waals surface area (Å²) in [5.74, 6) is 0. The van der Waals surface area contributed by atoms with Gasteiger partial charge in [0.05, 0.1) is 12.2 Å². The average molecular weight is 299 g/mol. The smallest absolute Gasteiger partial charge is 0.0841 e. The van der Waals surface area contributed by atoms with Crippen molar-refractivity contribution in [3.05, 3.63) is 0 Å². The van der Waals surface area contributed by atoms with E-state index in [1.54, 1.807) is 7.11 Å². The largest absolute Gasteiger partial charge is 0.385 e. The molecule has 0 N–H and O–H groups in total. The fraction of sp³-hybridized carbons (Fsp3) is 1.00. The van der Waals surface area contributed by atoms with Crippen molar-refractivity contribution in [1.82, 2.24) is 0 Å². The summed E-state index contributed by atoms with van der Waals surface area (Å²) >= 11 is 0. The maximum Gasteiger partial charge on any atom is 0.0841 e. The van der Waals surface area contributed by atoms with E-state index < -0.39 is 0 Å². The van der Waals surface area contributed by atoms with Crippen molar-refractivity contribution in [1.29, 1.82) is 0 Å². The van der Waals surface area contributed by atoms with Crippen LogP contribution in [-0.4, -0.2) is 25.9 Å². The zero-order valence-corrected chi connectivity index (χ0v) is 14.6. The molecule has 21 heavy (non-hydrogen) atoms. The van der Waals surface area contributed by atoms with Gasteiger partial charge in [-0.3, -0.25) is 0 Å². The van der Waals surface area contributed by atoms with Gasteiger partial charge in [0.1, 0.15) is 0 Å². The van der Waals surface area contributed by atoms with Gasteiger partial charge >= 0.3 is 0 Å². The molecule has 0 spiro atoms. The predicted octanol–water partition coefficient (Wildman–Crippen LogP) is 5.88. The monoisotopic (exact) mass is 298 g/mol. The van der Waals surface area contributed by atoms with Crippen molar-refractivity contribution in [3.63, 3.8) is 0 Å². The molecule has 2 nitrogen and oxygen atoms in total. The summed E-state index contributed by atoms with van der Waals surface area (Å²) in [4.78, 5) is 0. The summed E-state index contributed by atoms with van der Waals surface area (Å²) in [6.07, 6.45) is 20.3. The lowest BCUT2D eigenvalue weighted by Crippen LogP contribution is -1.95. The van der Waals surface area contributed by atoms with Crippen LogP contribution in [0.3, 0.4) is 0 Å². The molecule has 0 saturated carbocycles. The van der Waals surface area contributed by atoms with Gasteiger partial charge in [0.25, 0.3) is 0 Å². The lowest BCUT2D eigenvalue weighted by atomic mass is 10.0. The molecule has 1 fully saturated rings. The van der Waals surface area contributed by atoms with Crippen molar-refractivity contribution in [2.75, 3.05) is 13.7 Å². The van der Waals surface area contributed by atoms with E-state index in [4.69, 9.17) is 9.47 Å². The highest BCUT2D eigenvalue weighted by atomic mass is 16.6. The molecule has 126 valence electrons. The van der Waals surface area contributed by atoms with Gasteiger partial charge in [0.15, 0.2) is 0 Å². The SMILES string of the molecule is CCCCCCCC[C@@H]1O[C@H]1CCCCCCCCOC. The van der Waals surface area contributed by atoms with E-state index in [2.05, 4.69) is 6.92 Å². The normalized spacial score (nSPS) is 20.9. The van der Waals surface area contributed by atoms with Gasteiger partial charge in [0, 0.05) is 13.7 Å². The molecule has 0 aromatic carbocycles. The summed E-state index contributed by atoms with van der Waals surface area (Å²) in [5, 5.41) is 0. The van der Waals surface area contributed by atoms with Crippen molar-refractivity contribution in [2.24, 2.45) is 0 Å². The number of methoxy groups -OCH3 is 1. The third-order valence-electron chi connectivity index (χ3n) is 4.62. The Hall–Kier alpha value is -0.0800. The maximum atomic E-state index is 5.79. The lowest BCUT2D eigenvalue weighted by molar-refractivity contribution is 0.192. The topological polar surface area (TPSA) is 21.8 Å². The van der Waals surface area contributed by atoms with Crippen LogP contribution >= 0.6 is 0 Å². The lowest BCUT2D eigenvalue weighted by Gasteiger charge is -2.01. The minimum atomic E-state index is 0.620. The molecule has 0 amide bonds. The molecule has 0 aromatic rings. The third kappa shape index (κ3) is 11.2. The second-order valence-electron chi connectivity index (χ2n) is 6.67. The predicted molar refractivity (Wildman–Crippen MR) is 90.8 cm³/mol. The van der Waals surface area contributed by atoms with Crippen LogP contribution in [0.2, 0.25) is 0 Å². The Kier molecular flexibility index (Phi) is 12.3. The number of hydrogen-bond acceptors (Lipinski definition) is 2. The fourth-order valence-corrected chi connectivity index (χ4v) is 3.11. The highest BCUT2D eigenvalue weighted by molar-refractivity contribution is 4.84. The van der Waals surface area contributed by atoms with E-state index in [0.717, 1.165) is 6.61 Å². The molecule has 0 unspecified atom stereocenters. The first kappa shape index (κ1) is 19.0. The van der Waals surface area contributed by atoms with Gasteiger partial charge in [-0.25, -0.2) is 0 Å². The Balaban J connectivity index is 1.74. The Labute approximate surface area is 133 Å². The molecule has 1 saturated heterocycles. The zero-order chi connectivity index (χ0) is 15.2. The van der Waals surface area contributed by atoms with Crippen LogP contribution in [0.5, 0.6) is 0 Å². The van der Waals surface area contributed by atoms with E-state index in [-0.39, 0.29) is 0 Å². The first-order valence-corrected chi connectivity index (χ1v) is 9.53. The Morgan fingerprint density at radius 3 is 1.67 bits per heavy atom. The molecule has 2 atom stereocenters. The average Bonchev–Trinajstić information content (AvgIpc) is 3.24. The molecule has 0 radical (unpaired) electrons. The molecule has 0 aliphatic carbocycles. The van der Waals surface area contributed by atoms with Crippen LogP contribution in [-0.2, 0) is 9.47 Å². The molecule has 1 heterocycles. The van der Waals surface area contributed by atoms with Crippen LogP contribution in [0.15, 0.2) is 0 Å². The molecule has 0 bridgehead atoms. The molecule has 2 heteroatoms. The quantitative estimate of drug-likeness (QED) is 0.262. The fourth-order valence-electron chi connectivity index (χ4n) is 3.11. The first-order valence-electron chi connectivity index (χ1n) is 9.53. The molecule has 1 rings (SSSR count). The van der Waals surface area contributed by atoms with Gasteiger partial charge < -0.3 is 9.47 Å². The summed E-state index contributed by atoms with van der Waals surface area (Å²) in [6.45, 7) is 3.21. The van der Waals surface area contributed by atoms with E-state index in [0.29, 0.717) is 12.2 Å². The Morgan fingerprint density at radius 1 is 0.667 bits per heavy atom. The number of rotatable bonds is 16. The van der Waals surface area contributed by atoms with E-state index in [1.165, 1.54) is 89.9 Å². The van der Waals surface area contributed by atoms with Crippen molar-refractivity contribution in [3.8, 4) is 0 Å². The zero-order valence-electron chi connectivity index (χ0n) is 14.6. The van der Waals surface area contributed by atoms with Crippen molar-refractivity contribution >= 4 is 0 Å². The second-order valence-corrected chi connectivity index (χ2v) is 6.67. The molecular formula is C19H38O2. The first-order chi connectivity index (χ1) is 10.4. The summed E-state index contributed by atoms with van der Waals surface area (Å²) in [6, 6.07) is 0. The maximum absolute atomic E-state index is 5.79. The van der Waals surface area contributed by atoms with Gasteiger partial charge in [-0.1, -0.05) is 77.6 Å². The molecular weight excluding hydrogens is 260 g/mol. The number of hydrogen-bond donors (Lipinski definition) is 0. The standard InChI is InChI=1S/C19H38O2/c1-3-4-5-6-9-12-15-18-19(21-18)16-13-10-7-8-11-14-17-20-2/h18-19H,3-17H2,1-2H3/t18-,19-/m0/s1. The van der Waals surface area contributed by atoms with Crippen molar-refractivity contribution in [2.45, 2.75) is 109 Å². The molecule has 0 aromatic heterocycles. The van der Waals surface area contributed by atoms with E-state index in [1.807, 2.05) is 0 Å². The highest BCUT2D eigenvalue weighted by Crippen LogP contribution is 2.31.